The second-order valence-corrected chi connectivity index (χ2v) is 16.5. The number of benzene rings is 9. The van der Waals surface area contributed by atoms with E-state index >= 15 is 0 Å². The molecule has 0 bridgehead atoms. The summed E-state index contributed by atoms with van der Waals surface area (Å²) >= 11 is 0. The van der Waals surface area contributed by atoms with Gasteiger partial charge in [0.25, 0.3) is 0 Å². The highest BCUT2D eigenvalue weighted by molar-refractivity contribution is 6.13. The fourth-order valence-corrected chi connectivity index (χ4v) is 9.80. The maximum Gasteiger partial charge on any atom is 0.0541 e. The summed E-state index contributed by atoms with van der Waals surface area (Å²) in [5.74, 6) is 0.335. The van der Waals surface area contributed by atoms with Gasteiger partial charge in [-0.15, -0.1) is 0 Å². The minimum atomic E-state index is 0.335. The summed E-state index contributed by atoms with van der Waals surface area (Å²) in [6.45, 7) is 0. The van der Waals surface area contributed by atoms with E-state index < -0.39 is 0 Å². The molecule has 2 heterocycles. The van der Waals surface area contributed by atoms with Crippen molar-refractivity contribution in [1.29, 1.82) is 0 Å². The Morgan fingerprint density at radius 3 is 1.23 bits per heavy atom. The Kier molecular flexibility index (Phi) is 8.67. The summed E-state index contributed by atoms with van der Waals surface area (Å²) in [5, 5.41) is 4.98. The third kappa shape index (κ3) is 6.19. The summed E-state index contributed by atoms with van der Waals surface area (Å²) in [7, 11) is 0. The molecule has 0 aliphatic heterocycles. The lowest BCUT2D eigenvalue weighted by atomic mass is 9.89. The maximum absolute atomic E-state index is 2.47. The number of fused-ring (bicyclic) bond motifs is 6. The normalized spacial score (nSPS) is 13.8. The molecule has 0 spiro atoms. The molecule has 1 atom stereocenters. The highest BCUT2D eigenvalue weighted by Gasteiger charge is 2.19. The molecular weight excluding hydrogens is 749 g/mol. The first-order valence-corrected chi connectivity index (χ1v) is 21.6. The molecule has 9 aromatic carbocycles. The van der Waals surface area contributed by atoms with Crippen molar-refractivity contribution in [2.75, 3.05) is 0 Å². The predicted molar refractivity (Wildman–Crippen MR) is 263 cm³/mol. The van der Waals surface area contributed by atoms with Gasteiger partial charge in [0.2, 0.25) is 0 Å². The van der Waals surface area contributed by atoms with Gasteiger partial charge in [-0.3, -0.25) is 0 Å². The van der Waals surface area contributed by atoms with E-state index in [0.29, 0.717) is 5.92 Å². The first kappa shape index (κ1) is 36.0. The molecule has 1 aliphatic carbocycles. The van der Waals surface area contributed by atoms with Gasteiger partial charge in [-0.25, -0.2) is 0 Å². The van der Waals surface area contributed by atoms with Crippen LogP contribution in [0.15, 0.2) is 237 Å². The van der Waals surface area contributed by atoms with Crippen LogP contribution >= 0.6 is 0 Å². The number of aromatic nitrogens is 2. The highest BCUT2D eigenvalue weighted by Crippen LogP contribution is 2.41. The van der Waals surface area contributed by atoms with Crippen LogP contribution in [-0.4, -0.2) is 9.13 Å². The molecule has 1 unspecified atom stereocenters. The van der Waals surface area contributed by atoms with E-state index in [9.17, 15) is 0 Å². The van der Waals surface area contributed by atoms with Crippen molar-refractivity contribution in [2.45, 2.75) is 12.3 Å². The minimum Gasteiger partial charge on any atom is -0.309 e. The molecule has 62 heavy (non-hydrogen) atoms. The second kappa shape index (κ2) is 15.0. The van der Waals surface area contributed by atoms with Gasteiger partial charge in [-0.05, 0) is 123 Å². The van der Waals surface area contributed by atoms with Gasteiger partial charge in [-0.2, -0.15) is 0 Å². The van der Waals surface area contributed by atoms with Crippen LogP contribution in [0.1, 0.15) is 17.9 Å². The molecule has 11 aromatic rings. The summed E-state index contributed by atoms with van der Waals surface area (Å²) in [4.78, 5) is 0. The van der Waals surface area contributed by atoms with Crippen molar-refractivity contribution in [3.63, 3.8) is 0 Å². The smallest absolute Gasteiger partial charge is 0.0541 e. The van der Waals surface area contributed by atoms with E-state index in [0.717, 1.165) is 12.1 Å². The van der Waals surface area contributed by atoms with Crippen LogP contribution in [0.3, 0.4) is 0 Å². The molecule has 292 valence electrons. The van der Waals surface area contributed by atoms with Crippen LogP contribution in [0.25, 0.3) is 99.5 Å². The van der Waals surface area contributed by atoms with Gasteiger partial charge in [0.1, 0.15) is 0 Å². The van der Waals surface area contributed by atoms with Crippen molar-refractivity contribution < 1.29 is 0 Å². The van der Waals surface area contributed by atoms with Gasteiger partial charge < -0.3 is 9.13 Å². The zero-order chi connectivity index (χ0) is 41.0. The highest BCUT2D eigenvalue weighted by atomic mass is 15.0. The fraction of sp³-hybridized carbons (Fsp3) is 0.0333. The van der Waals surface area contributed by atoms with Crippen LogP contribution < -0.4 is 0 Å². The molecule has 0 radical (unpaired) electrons. The first-order valence-electron chi connectivity index (χ1n) is 21.6. The van der Waals surface area contributed by atoms with E-state index in [1.54, 1.807) is 0 Å². The van der Waals surface area contributed by atoms with Crippen molar-refractivity contribution in [3.8, 4) is 55.9 Å². The Balaban J connectivity index is 1.02. The zero-order valence-corrected chi connectivity index (χ0v) is 34.2. The topological polar surface area (TPSA) is 9.86 Å². The number of para-hydroxylation sites is 2. The minimum absolute atomic E-state index is 0.335. The number of hydrogen-bond acceptors (Lipinski definition) is 0. The standard InChI is InChI=1S/C60H42N2/c1-5-17-41(18-6-1)47-33-48(42-19-7-2-8-20-42)36-51(35-47)61-57-27-15-13-25-53(57)55-39-45(29-31-59(55)61)46-30-32-60-56(40-46)54-26-14-16-28-58(54)62(60)52-37-49(43-21-9-3-10-22-43)34-50(38-52)44-23-11-4-12-24-44/h1-23,25-40,44H,24H2. The van der Waals surface area contributed by atoms with Gasteiger partial charge in [0.05, 0.1) is 22.1 Å². The lowest BCUT2D eigenvalue weighted by Gasteiger charge is -2.18. The molecular formula is C60H42N2. The Hall–Kier alpha value is -7.94. The average molecular weight is 791 g/mol. The molecule has 0 fully saturated rings. The van der Waals surface area contributed by atoms with Crippen molar-refractivity contribution in [2.24, 2.45) is 0 Å². The van der Waals surface area contributed by atoms with Crippen LogP contribution in [0.4, 0.5) is 0 Å². The summed E-state index contributed by atoms with van der Waals surface area (Å²) in [6, 6.07) is 78.2. The Labute approximate surface area is 361 Å². The maximum atomic E-state index is 2.47. The Morgan fingerprint density at radius 2 is 0.742 bits per heavy atom. The fourth-order valence-electron chi connectivity index (χ4n) is 9.80. The van der Waals surface area contributed by atoms with E-state index in [2.05, 4.69) is 246 Å². The number of rotatable bonds is 7. The van der Waals surface area contributed by atoms with E-state index in [1.807, 2.05) is 0 Å². The van der Waals surface area contributed by atoms with Gasteiger partial charge in [0, 0.05) is 38.8 Å². The van der Waals surface area contributed by atoms with E-state index in [4.69, 9.17) is 0 Å². The molecule has 1 aliphatic rings. The largest absolute Gasteiger partial charge is 0.309 e. The first-order chi connectivity index (χ1) is 30.7. The van der Waals surface area contributed by atoms with Crippen molar-refractivity contribution >= 4 is 43.6 Å². The molecule has 0 saturated heterocycles. The van der Waals surface area contributed by atoms with Crippen LogP contribution in [0, 0.1) is 0 Å². The van der Waals surface area contributed by atoms with Crippen LogP contribution in [-0.2, 0) is 0 Å². The molecule has 0 saturated carbocycles. The Morgan fingerprint density at radius 1 is 0.306 bits per heavy atom. The van der Waals surface area contributed by atoms with Crippen LogP contribution in [0.5, 0.6) is 0 Å². The van der Waals surface area contributed by atoms with Gasteiger partial charge in [0.15, 0.2) is 0 Å². The monoisotopic (exact) mass is 790 g/mol. The lowest BCUT2D eigenvalue weighted by molar-refractivity contribution is 0.852. The predicted octanol–water partition coefficient (Wildman–Crippen LogP) is 16.1. The summed E-state index contributed by atoms with van der Waals surface area (Å²) in [5.41, 5.74) is 18.1. The average Bonchev–Trinajstić information content (AvgIpc) is 3.87. The number of allylic oxidation sites excluding steroid dienone is 4. The molecule has 0 N–H and O–H groups in total. The quantitative estimate of drug-likeness (QED) is 0.152. The number of hydrogen-bond donors (Lipinski definition) is 0. The SMILES string of the molecule is C1=CCC(c2cc(-c3ccccc3)cc(-n3c4ccccc4c4cc(-c5ccc6c(c5)c5ccccc5n6-c5cc(-c6ccccc6)cc(-c6ccccc6)c5)ccc43)c2)C=C1. The molecule has 0 amide bonds. The third-order valence-corrected chi connectivity index (χ3v) is 12.8. The van der Waals surface area contributed by atoms with Crippen molar-refractivity contribution in [1.82, 2.24) is 9.13 Å². The summed E-state index contributed by atoms with van der Waals surface area (Å²) < 4.78 is 4.91. The number of nitrogens with zero attached hydrogens (tertiary/aromatic N) is 2. The Bertz CT molecular complexity index is 3470. The molecule has 2 nitrogen and oxygen atoms in total. The van der Waals surface area contributed by atoms with Crippen molar-refractivity contribution in [3.05, 3.63) is 242 Å². The van der Waals surface area contributed by atoms with Gasteiger partial charge >= 0.3 is 0 Å². The lowest BCUT2D eigenvalue weighted by Crippen LogP contribution is -2.01. The van der Waals surface area contributed by atoms with Gasteiger partial charge in [-0.1, -0.05) is 170 Å². The van der Waals surface area contributed by atoms with E-state index in [1.165, 1.54) is 99.4 Å². The zero-order valence-electron chi connectivity index (χ0n) is 34.2. The van der Waals surface area contributed by atoms with E-state index in [-0.39, 0.29) is 0 Å². The molecule has 2 heteroatoms. The summed E-state index contributed by atoms with van der Waals surface area (Å²) in [6.07, 6.45) is 9.96. The third-order valence-electron chi connectivity index (χ3n) is 12.8. The van der Waals surface area contributed by atoms with Crippen LogP contribution in [0.2, 0.25) is 0 Å². The molecule has 12 rings (SSSR count). The molecule has 2 aromatic heterocycles. The second-order valence-electron chi connectivity index (χ2n) is 16.5.